The van der Waals surface area contributed by atoms with Crippen molar-refractivity contribution in [2.24, 2.45) is 5.10 Å². The van der Waals surface area contributed by atoms with E-state index < -0.39 is 12.1 Å². The minimum absolute atomic E-state index is 0.133. The summed E-state index contributed by atoms with van der Waals surface area (Å²) in [6.45, 7) is 5.57. The van der Waals surface area contributed by atoms with Gasteiger partial charge in [0.15, 0.2) is 17.6 Å². The largest absolute Gasteiger partial charge is 0.490 e. The van der Waals surface area contributed by atoms with Crippen LogP contribution in [-0.2, 0) is 11.2 Å². The molecule has 3 aromatic rings. The number of benzene rings is 2. The summed E-state index contributed by atoms with van der Waals surface area (Å²) in [5, 5.41) is 14.2. The fourth-order valence-corrected chi connectivity index (χ4v) is 3.83. The van der Waals surface area contributed by atoms with Gasteiger partial charge in [-0.1, -0.05) is 40.9 Å². The molecule has 0 saturated heterocycles. The van der Waals surface area contributed by atoms with Crippen molar-refractivity contribution in [2.75, 3.05) is 6.61 Å². The highest BCUT2D eigenvalue weighted by molar-refractivity contribution is 9.10. The van der Waals surface area contributed by atoms with Crippen molar-refractivity contribution in [2.45, 2.75) is 46.1 Å². The molecular weight excluding hydrogens is 526 g/mol. The van der Waals surface area contributed by atoms with Crippen LogP contribution in [0.2, 0.25) is 5.02 Å². The summed E-state index contributed by atoms with van der Waals surface area (Å²) in [5.74, 6) is -0.153. The number of fused-ring (bicyclic) bond motifs is 1. The van der Waals surface area contributed by atoms with E-state index in [0.717, 1.165) is 17.3 Å². The van der Waals surface area contributed by atoms with Crippen molar-refractivity contribution in [3.8, 4) is 11.5 Å². The van der Waals surface area contributed by atoms with E-state index in [1.165, 1.54) is 17.8 Å². The van der Waals surface area contributed by atoms with Gasteiger partial charge in [0.2, 0.25) is 0 Å². The molecule has 0 radical (unpaired) electrons. The standard InChI is InChI=1S/C24H25BrClN3O5/c1-4-6-7-21-28-19-9-8-16(25)12-17(19)23(30)29(21)27-13-15-10-18(26)22(20(11-15)33-5-2)34-14(3)24(31)32/h8-14H,4-7H2,1-3H3,(H,31,32)/t14-/m0/s1. The molecule has 1 atom stereocenters. The number of carboxylic acids is 1. The normalized spacial score (nSPS) is 12.3. The number of hydrogen-bond acceptors (Lipinski definition) is 6. The maximum atomic E-state index is 13.2. The van der Waals surface area contributed by atoms with Crippen molar-refractivity contribution in [3.05, 3.63) is 61.6 Å². The van der Waals surface area contributed by atoms with Crippen LogP contribution in [0, 0.1) is 0 Å². The van der Waals surface area contributed by atoms with E-state index in [2.05, 4.69) is 32.9 Å². The van der Waals surface area contributed by atoms with E-state index in [9.17, 15) is 9.59 Å². The van der Waals surface area contributed by atoms with E-state index in [1.54, 1.807) is 31.2 Å². The molecule has 0 aliphatic heterocycles. The monoisotopic (exact) mass is 549 g/mol. The molecular formula is C24H25BrClN3O5. The highest BCUT2D eigenvalue weighted by Crippen LogP contribution is 2.37. The molecule has 3 rings (SSSR count). The van der Waals surface area contributed by atoms with Crippen molar-refractivity contribution >= 4 is 50.6 Å². The van der Waals surface area contributed by atoms with Crippen LogP contribution in [0.1, 0.15) is 45.0 Å². The first-order chi connectivity index (χ1) is 16.2. The van der Waals surface area contributed by atoms with Crippen LogP contribution in [-0.4, -0.2) is 39.7 Å². The Morgan fingerprint density at radius 3 is 2.76 bits per heavy atom. The number of aryl methyl sites for hydroxylation is 1. The number of carbonyl (C=O) groups is 1. The molecule has 0 saturated carbocycles. The summed E-state index contributed by atoms with van der Waals surface area (Å²) in [4.78, 5) is 29.1. The number of aromatic nitrogens is 2. The van der Waals surface area contributed by atoms with Crippen molar-refractivity contribution in [1.29, 1.82) is 0 Å². The second-order valence-corrected chi connectivity index (χ2v) is 8.84. The summed E-state index contributed by atoms with van der Waals surface area (Å²) < 4.78 is 13.2. The summed E-state index contributed by atoms with van der Waals surface area (Å²) in [5.41, 5.74) is 0.882. The van der Waals surface area contributed by atoms with Gasteiger partial charge in [-0.3, -0.25) is 4.79 Å². The van der Waals surface area contributed by atoms with Crippen LogP contribution < -0.4 is 15.0 Å². The summed E-state index contributed by atoms with van der Waals surface area (Å²) in [6.07, 6.45) is 2.78. The van der Waals surface area contributed by atoms with Crippen LogP contribution in [0.15, 0.2) is 44.7 Å². The Morgan fingerprint density at radius 2 is 2.09 bits per heavy atom. The second kappa shape index (κ2) is 11.5. The number of nitrogens with zero attached hydrogens (tertiary/aromatic N) is 3. The van der Waals surface area contributed by atoms with Gasteiger partial charge in [0, 0.05) is 10.9 Å². The Labute approximate surface area is 210 Å². The molecule has 0 aliphatic rings. The van der Waals surface area contributed by atoms with Gasteiger partial charge < -0.3 is 14.6 Å². The molecule has 0 bridgehead atoms. The van der Waals surface area contributed by atoms with Gasteiger partial charge in [-0.25, -0.2) is 9.78 Å². The van der Waals surface area contributed by atoms with Gasteiger partial charge in [0.05, 0.1) is 28.7 Å². The third-order valence-electron chi connectivity index (χ3n) is 4.93. The zero-order valence-corrected chi connectivity index (χ0v) is 21.4. The predicted molar refractivity (Wildman–Crippen MR) is 136 cm³/mol. The average molecular weight is 551 g/mol. The van der Waals surface area contributed by atoms with Crippen LogP contribution in [0.3, 0.4) is 0 Å². The fourth-order valence-electron chi connectivity index (χ4n) is 3.20. The summed E-state index contributed by atoms with van der Waals surface area (Å²) in [6, 6.07) is 8.57. The number of aliphatic carboxylic acids is 1. The van der Waals surface area contributed by atoms with Crippen LogP contribution >= 0.6 is 27.5 Å². The van der Waals surface area contributed by atoms with Gasteiger partial charge in [-0.2, -0.15) is 9.78 Å². The molecule has 1 heterocycles. The summed E-state index contributed by atoms with van der Waals surface area (Å²) >= 11 is 9.78. The van der Waals surface area contributed by atoms with Crippen molar-refractivity contribution < 1.29 is 19.4 Å². The summed E-state index contributed by atoms with van der Waals surface area (Å²) in [7, 11) is 0. The van der Waals surface area contributed by atoms with E-state index >= 15 is 0 Å². The molecule has 34 heavy (non-hydrogen) atoms. The Hall–Kier alpha value is -2.91. The first-order valence-electron chi connectivity index (χ1n) is 10.9. The molecule has 10 heteroatoms. The van der Waals surface area contributed by atoms with Crippen molar-refractivity contribution in [1.82, 2.24) is 9.66 Å². The lowest BCUT2D eigenvalue weighted by Crippen LogP contribution is -2.23. The number of rotatable bonds is 10. The maximum Gasteiger partial charge on any atom is 0.344 e. The van der Waals surface area contributed by atoms with Gasteiger partial charge >= 0.3 is 5.97 Å². The number of hydrogen-bond donors (Lipinski definition) is 1. The minimum atomic E-state index is -1.13. The number of unbranched alkanes of at least 4 members (excludes halogenated alkanes) is 1. The van der Waals surface area contributed by atoms with Gasteiger partial charge in [0.25, 0.3) is 5.56 Å². The molecule has 0 unspecified atom stereocenters. The van der Waals surface area contributed by atoms with E-state index in [-0.39, 0.29) is 22.1 Å². The highest BCUT2D eigenvalue weighted by Gasteiger charge is 2.19. The molecule has 8 nitrogen and oxygen atoms in total. The Balaban J connectivity index is 2.07. The van der Waals surface area contributed by atoms with Gasteiger partial charge in [-0.05, 0) is 56.2 Å². The predicted octanol–water partition coefficient (Wildman–Crippen LogP) is 5.29. The van der Waals surface area contributed by atoms with Gasteiger partial charge in [-0.15, -0.1) is 0 Å². The first-order valence-corrected chi connectivity index (χ1v) is 12.0. The molecule has 1 N–H and O–H groups in total. The number of carboxylic acid groups (broad SMARTS) is 1. The fraction of sp³-hybridized carbons (Fsp3) is 0.333. The third-order valence-corrected chi connectivity index (χ3v) is 5.70. The Kier molecular flexibility index (Phi) is 8.68. The topological polar surface area (TPSA) is 103 Å². The van der Waals surface area contributed by atoms with Crippen LogP contribution in [0.5, 0.6) is 11.5 Å². The van der Waals surface area contributed by atoms with E-state index in [1.807, 2.05) is 6.07 Å². The van der Waals surface area contributed by atoms with E-state index in [0.29, 0.717) is 35.3 Å². The third kappa shape index (κ3) is 5.95. The molecule has 180 valence electrons. The smallest absolute Gasteiger partial charge is 0.344 e. The molecule has 2 aromatic carbocycles. The van der Waals surface area contributed by atoms with E-state index in [4.69, 9.17) is 26.2 Å². The highest BCUT2D eigenvalue weighted by atomic mass is 79.9. The van der Waals surface area contributed by atoms with Gasteiger partial charge in [0.1, 0.15) is 5.82 Å². The second-order valence-electron chi connectivity index (χ2n) is 7.52. The Bertz CT molecular complexity index is 1290. The number of ether oxygens (including phenoxy) is 2. The average Bonchev–Trinajstić information content (AvgIpc) is 2.79. The molecule has 0 amide bonds. The lowest BCUT2D eigenvalue weighted by atomic mass is 10.2. The van der Waals surface area contributed by atoms with Crippen LogP contribution in [0.4, 0.5) is 0 Å². The Morgan fingerprint density at radius 1 is 1.32 bits per heavy atom. The van der Waals surface area contributed by atoms with Crippen molar-refractivity contribution in [3.63, 3.8) is 0 Å². The van der Waals surface area contributed by atoms with Crippen LogP contribution in [0.25, 0.3) is 10.9 Å². The molecule has 1 aromatic heterocycles. The lowest BCUT2D eigenvalue weighted by molar-refractivity contribution is -0.144. The first kappa shape index (κ1) is 25.7. The molecule has 0 spiro atoms. The maximum absolute atomic E-state index is 13.2. The zero-order valence-electron chi connectivity index (χ0n) is 19.0. The number of halogens is 2. The molecule has 0 aliphatic carbocycles. The lowest BCUT2D eigenvalue weighted by Gasteiger charge is -2.16. The SMILES string of the molecule is CCCCc1nc2ccc(Br)cc2c(=O)n1N=Cc1cc(Cl)c(O[C@@H](C)C(=O)O)c(OCC)c1. The zero-order chi connectivity index (χ0) is 24.8. The quantitative estimate of drug-likeness (QED) is 0.344. The minimum Gasteiger partial charge on any atom is -0.490 e. The molecule has 0 fully saturated rings.